The first-order valence-electron chi connectivity index (χ1n) is 4.62. The van der Waals surface area contributed by atoms with Crippen LogP contribution in [0.4, 0.5) is 5.69 Å². The van der Waals surface area contributed by atoms with Gasteiger partial charge < -0.3 is 5.32 Å². The zero-order valence-electron chi connectivity index (χ0n) is 7.84. The van der Waals surface area contributed by atoms with Crippen LogP contribution in [0.3, 0.4) is 0 Å². The Morgan fingerprint density at radius 2 is 2.54 bits per heavy atom. The topological polar surface area (TPSA) is 40.7 Å². The predicted molar refractivity (Wildman–Crippen MR) is 57.2 cm³/mol. The molecule has 2 rings (SSSR count). The van der Waals surface area contributed by atoms with Gasteiger partial charge in [-0.1, -0.05) is 6.42 Å². The fraction of sp³-hybridized carbons (Fsp3) is 0.667. The van der Waals surface area contributed by atoms with Crippen molar-refractivity contribution < 1.29 is 0 Å². The van der Waals surface area contributed by atoms with Crippen molar-refractivity contribution in [3.63, 3.8) is 0 Å². The van der Waals surface area contributed by atoms with E-state index in [0.29, 0.717) is 4.75 Å². The number of thioether (sulfide) groups is 1. The Balaban J connectivity index is 1.84. The minimum atomic E-state index is 0.497. The largest absolute Gasteiger partial charge is 0.381 e. The monoisotopic (exact) mass is 197 g/mol. The maximum absolute atomic E-state index is 3.90. The van der Waals surface area contributed by atoms with Crippen LogP contribution in [0.1, 0.15) is 19.3 Å². The first kappa shape index (κ1) is 8.94. The molecule has 0 spiro atoms. The molecule has 2 N–H and O–H groups in total. The summed E-state index contributed by atoms with van der Waals surface area (Å²) in [4.78, 5) is 0. The van der Waals surface area contributed by atoms with Crippen molar-refractivity contribution in [2.24, 2.45) is 0 Å². The third-order valence-electron chi connectivity index (χ3n) is 2.81. The normalized spacial score (nSPS) is 19.5. The summed E-state index contributed by atoms with van der Waals surface area (Å²) in [5, 5.41) is 10.1. The molecule has 0 aliphatic heterocycles. The van der Waals surface area contributed by atoms with Crippen LogP contribution >= 0.6 is 11.8 Å². The zero-order chi connectivity index (χ0) is 9.15. The van der Waals surface area contributed by atoms with Crippen LogP contribution in [0.15, 0.2) is 12.4 Å². The second kappa shape index (κ2) is 3.62. The van der Waals surface area contributed by atoms with Crippen molar-refractivity contribution in [3.8, 4) is 0 Å². The minimum Gasteiger partial charge on any atom is -0.381 e. The maximum Gasteiger partial charge on any atom is 0.0724 e. The van der Waals surface area contributed by atoms with Crippen molar-refractivity contribution in [3.05, 3.63) is 12.4 Å². The third-order valence-corrected chi connectivity index (χ3v) is 4.23. The standard InChI is InChI=1S/C9H15N3S/c1-13-9(3-2-4-9)7-10-8-5-11-12-6-8/h5-6,10H,2-4,7H2,1H3,(H,11,12). The molecule has 0 atom stereocenters. The molecule has 1 aliphatic rings. The van der Waals surface area contributed by atoms with Crippen molar-refractivity contribution in [1.29, 1.82) is 0 Å². The molecule has 0 saturated heterocycles. The molecule has 1 saturated carbocycles. The molecule has 1 aliphatic carbocycles. The minimum absolute atomic E-state index is 0.497. The molecule has 1 aromatic rings. The molecule has 0 bridgehead atoms. The molecular formula is C9H15N3S. The summed E-state index contributed by atoms with van der Waals surface area (Å²) in [6, 6.07) is 0. The third kappa shape index (κ3) is 1.82. The molecule has 13 heavy (non-hydrogen) atoms. The summed E-state index contributed by atoms with van der Waals surface area (Å²) in [7, 11) is 0. The highest BCUT2D eigenvalue weighted by Gasteiger charge is 2.35. The Labute approximate surface area is 82.7 Å². The van der Waals surface area contributed by atoms with E-state index in [2.05, 4.69) is 21.8 Å². The number of aromatic amines is 1. The maximum atomic E-state index is 3.90. The SMILES string of the molecule is CSC1(CNc2cn[nH]c2)CCC1. The van der Waals surface area contributed by atoms with E-state index in [1.54, 1.807) is 0 Å². The average molecular weight is 197 g/mol. The molecule has 0 aromatic carbocycles. The van der Waals surface area contributed by atoms with Crippen LogP contribution in [0.2, 0.25) is 0 Å². The lowest BCUT2D eigenvalue weighted by Gasteiger charge is -2.40. The van der Waals surface area contributed by atoms with Gasteiger partial charge in [0.25, 0.3) is 0 Å². The van der Waals surface area contributed by atoms with E-state index < -0.39 is 0 Å². The fourth-order valence-electron chi connectivity index (χ4n) is 1.63. The fourth-order valence-corrected chi connectivity index (χ4v) is 2.55. The Morgan fingerprint density at radius 3 is 3.00 bits per heavy atom. The average Bonchev–Trinajstić information content (AvgIpc) is 2.56. The van der Waals surface area contributed by atoms with E-state index >= 15 is 0 Å². The predicted octanol–water partition coefficient (Wildman–Crippen LogP) is 2.11. The molecule has 72 valence electrons. The summed E-state index contributed by atoms with van der Waals surface area (Å²) < 4.78 is 0.497. The van der Waals surface area contributed by atoms with Crippen molar-refractivity contribution >= 4 is 17.4 Å². The molecule has 1 aromatic heterocycles. The first-order valence-corrected chi connectivity index (χ1v) is 5.85. The lowest BCUT2D eigenvalue weighted by molar-refractivity contribution is 0.380. The van der Waals surface area contributed by atoms with Gasteiger partial charge in [0.15, 0.2) is 0 Å². The number of hydrogen-bond donors (Lipinski definition) is 2. The smallest absolute Gasteiger partial charge is 0.0724 e. The molecule has 0 radical (unpaired) electrons. The Hall–Kier alpha value is -0.640. The number of hydrogen-bond acceptors (Lipinski definition) is 3. The summed E-state index contributed by atoms with van der Waals surface area (Å²) in [5.74, 6) is 0. The van der Waals surface area contributed by atoms with Gasteiger partial charge in [0.05, 0.1) is 11.9 Å². The van der Waals surface area contributed by atoms with Crippen LogP contribution in [0, 0.1) is 0 Å². The zero-order valence-corrected chi connectivity index (χ0v) is 8.66. The van der Waals surface area contributed by atoms with Gasteiger partial charge in [-0.2, -0.15) is 16.9 Å². The Morgan fingerprint density at radius 1 is 1.69 bits per heavy atom. The van der Waals surface area contributed by atoms with Crippen LogP contribution < -0.4 is 5.32 Å². The molecular weight excluding hydrogens is 182 g/mol. The highest BCUT2D eigenvalue weighted by Crippen LogP contribution is 2.42. The van der Waals surface area contributed by atoms with E-state index in [1.165, 1.54) is 19.3 Å². The van der Waals surface area contributed by atoms with Gasteiger partial charge in [-0.25, -0.2) is 0 Å². The van der Waals surface area contributed by atoms with Gasteiger partial charge in [0, 0.05) is 17.5 Å². The Bertz CT molecular complexity index is 248. The van der Waals surface area contributed by atoms with Crippen LogP contribution in [0.5, 0.6) is 0 Å². The summed E-state index contributed by atoms with van der Waals surface area (Å²) in [6.45, 7) is 1.06. The van der Waals surface area contributed by atoms with Gasteiger partial charge in [-0.05, 0) is 19.1 Å². The van der Waals surface area contributed by atoms with Gasteiger partial charge >= 0.3 is 0 Å². The van der Waals surface area contributed by atoms with E-state index in [1.807, 2.05) is 24.2 Å². The molecule has 0 unspecified atom stereocenters. The number of rotatable bonds is 4. The second-order valence-electron chi connectivity index (χ2n) is 3.58. The van der Waals surface area contributed by atoms with Crippen LogP contribution in [-0.2, 0) is 0 Å². The number of nitrogens with one attached hydrogen (secondary N) is 2. The quantitative estimate of drug-likeness (QED) is 0.776. The lowest BCUT2D eigenvalue weighted by atomic mass is 9.84. The van der Waals surface area contributed by atoms with Gasteiger partial charge in [0.1, 0.15) is 0 Å². The van der Waals surface area contributed by atoms with Gasteiger partial charge in [-0.15, -0.1) is 0 Å². The lowest BCUT2D eigenvalue weighted by Crippen LogP contribution is -2.40. The van der Waals surface area contributed by atoms with Crippen molar-refractivity contribution in [2.75, 3.05) is 18.1 Å². The Kier molecular flexibility index (Phi) is 2.49. The number of nitrogens with zero attached hydrogens (tertiary/aromatic N) is 1. The van der Waals surface area contributed by atoms with E-state index in [0.717, 1.165) is 12.2 Å². The number of anilines is 1. The number of aromatic nitrogens is 2. The molecule has 3 nitrogen and oxygen atoms in total. The summed E-state index contributed by atoms with van der Waals surface area (Å²) in [5.41, 5.74) is 1.10. The molecule has 1 fully saturated rings. The van der Waals surface area contributed by atoms with Crippen LogP contribution in [-0.4, -0.2) is 27.7 Å². The van der Waals surface area contributed by atoms with Gasteiger partial charge in [0.2, 0.25) is 0 Å². The number of H-pyrrole nitrogens is 1. The summed E-state index contributed by atoms with van der Waals surface area (Å²) in [6.07, 6.45) is 10.0. The highest BCUT2D eigenvalue weighted by atomic mass is 32.2. The van der Waals surface area contributed by atoms with Crippen LogP contribution in [0.25, 0.3) is 0 Å². The molecule has 4 heteroatoms. The van der Waals surface area contributed by atoms with Crippen molar-refractivity contribution in [2.45, 2.75) is 24.0 Å². The highest BCUT2D eigenvalue weighted by molar-refractivity contribution is 8.00. The second-order valence-corrected chi connectivity index (χ2v) is 4.86. The summed E-state index contributed by atoms with van der Waals surface area (Å²) >= 11 is 1.99. The van der Waals surface area contributed by atoms with Gasteiger partial charge in [-0.3, -0.25) is 5.10 Å². The van der Waals surface area contributed by atoms with E-state index in [-0.39, 0.29) is 0 Å². The molecule has 1 heterocycles. The molecule has 0 amide bonds. The first-order chi connectivity index (χ1) is 6.35. The van der Waals surface area contributed by atoms with E-state index in [4.69, 9.17) is 0 Å². The van der Waals surface area contributed by atoms with E-state index in [9.17, 15) is 0 Å². The van der Waals surface area contributed by atoms with Crippen molar-refractivity contribution in [1.82, 2.24) is 10.2 Å².